The van der Waals surface area contributed by atoms with Gasteiger partial charge >= 0.3 is 6.09 Å². The zero-order valence-electron chi connectivity index (χ0n) is 20.5. The minimum Gasteiger partial charge on any atom is -0.449 e. The van der Waals surface area contributed by atoms with E-state index in [2.05, 4.69) is 4.90 Å². The molecule has 1 amide bonds. The third-order valence-corrected chi connectivity index (χ3v) is 9.35. The van der Waals surface area contributed by atoms with Gasteiger partial charge in [-0.2, -0.15) is 0 Å². The molecule has 1 saturated heterocycles. The SMILES string of the molecule is CC(COC(=O)N1CCN(c2ccccc2Cl)CC1)C(c1cc(F)ccc1F)S(=O)(=O)c1ccc(Cl)cc1. The summed E-state index contributed by atoms with van der Waals surface area (Å²) in [6, 6.07) is 15.5. The van der Waals surface area contributed by atoms with E-state index in [1.807, 2.05) is 18.2 Å². The molecule has 2 atom stereocenters. The second-order valence-electron chi connectivity index (χ2n) is 9.07. The lowest BCUT2D eigenvalue weighted by Crippen LogP contribution is -2.49. The van der Waals surface area contributed by atoms with Crippen molar-refractivity contribution in [2.24, 2.45) is 5.92 Å². The fraction of sp³-hybridized carbons (Fsp3) is 0.296. The first-order chi connectivity index (χ1) is 18.1. The molecule has 6 nitrogen and oxygen atoms in total. The Kier molecular flexibility index (Phi) is 8.80. The molecule has 38 heavy (non-hydrogen) atoms. The lowest BCUT2D eigenvalue weighted by molar-refractivity contribution is 0.0870. The Bertz CT molecular complexity index is 1400. The number of benzene rings is 3. The van der Waals surface area contributed by atoms with Gasteiger partial charge in [0.1, 0.15) is 11.6 Å². The molecular formula is C27H26Cl2F2N2O4S. The number of hydrogen-bond donors (Lipinski definition) is 0. The summed E-state index contributed by atoms with van der Waals surface area (Å²) in [5.74, 6) is -2.55. The first-order valence-electron chi connectivity index (χ1n) is 11.9. The number of piperazine rings is 1. The van der Waals surface area contributed by atoms with Crippen molar-refractivity contribution in [1.82, 2.24) is 4.90 Å². The Morgan fingerprint density at radius 3 is 2.29 bits per heavy atom. The molecule has 0 aliphatic carbocycles. The van der Waals surface area contributed by atoms with Gasteiger partial charge in [-0.15, -0.1) is 0 Å². The molecular weight excluding hydrogens is 557 g/mol. The maximum atomic E-state index is 14.8. The molecule has 0 saturated carbocycles. The van der Waals surface area contributed by atoms with Crippen LogP contribution in [0.1, 0.15) is 17.7 Å². The number of sulfone groups is 1. The number of rotatable bonds is 7. The van der Waals surface area contributed by atoms with Crippen molar-refractivity contribution < 1.29 is 26.7 Å². The van der Waals surface area contributed by atoms with Crippen molar-refractivity contribution in [3.63, 3.8) is 0 Å². The summed E-state index contributed by atoms with van der Waals surface area (Å²) in [6.45, 7) is 3.03. The molecule has 4 rings (SSSR count). The molecule has 1 aliphatic heterocycles. The van der Waals surface area contributed by atoms with Crippen LogP contribution in [-0.2, 0) is 14.6 Å². The minimum absolute atomic E-state index is 0.107. The van der Waals surface area contributed by atoms with Crippen molar-refractivity contribution >= 4 is 44.8 Å². The third-order valence-electron chi connectivity index (χ3n) is 6.46. The van der Waals surface area contributed by atoms with Crippen molar-refractivity contribution in [2.75, 3.05) is 37.7 Å². The fourth-order valence-electron chi connectivity index (χ4n) is 4.50. The Morgan fingerprint density at radius 1 is 0.974 bits per heavy atom. The van der Waals surface area contributed by atoms with E-state index in [1.165, 1.54) is 36.1 Å². The maximum absolute atomic E-state index is 14.8. The molecule has 1 heterocycles. The summed E-state index contributed by atoms with van der Waals surface area (Å²) >= 11 is 12.2. The van der Waals surface area contributed by atoms with E-state index in [1.54, 1.807) is 6.07 Å². The average molecular weight is 583 g/mol. The lowest BCUT2D eigenvalue weighted by atomic mass is 10.0. The van der Waals surface area contributed by atoms with E-state index in [0.29, 0.717) is 36.2 Å². The summed E-state index contributed by atoms with van der Waals surface area (Å²) in [6.07, 6.45) is -0.613. The number of amides is 1. The van der Waals surface area contributed by atoms with Crippen LogP contribution in [0.25, 0.3) is 0 Å². The predicted octanol–water partition coefficient (Wildman–Crippen LogP) is 6.38. The van der Waals surface area contributed by atoms with Gasteiger partial charge in [0.25, 0.3) is 0 Å². The van der Waals surface area contributed by atoms with E-state index >= 15 is 0 Å². The van der Waals surface area contributed by atoms with E-state index in [4.69, 9.17) is 27.9 Å². The topological polar surface area (TPSA) is 66.9 Å². The van der Waals surface area contributed by atoms with Crippen molar-refractivity contribution in [1.29, 1.82) is 0 Å². The van der Waals surface area contributed by atoms with E-state index < -0.39 is 38.7 Å². The number of ether oxygens (including phenoxy) is 1. The number of hydrogen-bond acceptors (Lipinski definition) is 5. The number of anilines is 1. The van der Waals surface area contributed by atoms with Crippen LogP contribution in [0.3, 0.4) is 0 Å². The normalized spacial score (nSPS) is 15.7. The molecule has 0 aromatic heterocycles. The van der Waals surface area contributed by atoms with Crippen LogP contribution in [-0.4, -0.2) is 52.2 Å². The number of para-hydroxylation sites is 1. The molecule has 0 N–H and O–H groups in total. The zero-order chi connectivity index (χ0) is 27.4. The van der Waals surface area contributed by atoms with Gasteiger partial charge in [0.05, 0.1) is 27.5 Å². The maximum Gasteiger partial charge on any atom is 0.409 e. The van der Waals surface area contributed by atoms with Gasteiger partial charge in [0, 0.05) is 42.7 Å². The first-order valence-corrected chi connectivity index (χ1v) is 14.2. The Balaban J connectivity index is 1.48. The van der Waals surface area contributed by atoms with Gasteiger partial charge in [-0.05, 0) is 54.6 Å². The minimum atomic E-state index is -4.21. The number of nitrogens with zero attached hydrogens (tertiary/aromatic N) is 2. The van der Waals surface area contributed by atoms with Crippen LogP contribution in [0.2, 0.25) is 10.0 Å². The van der Waals surface area contributed by atoms with Crippen LogP contribution in [0.15, 0.2) is 71.6 Å². The Morgan fingerprint density at radius 2 is 1.63 bits per heavy atom. The summed E-state index contributed by atoms with van der Waals surface area (Å²) < 4.78 is 61.5. The quantitative estimate of drug-likeness (QED) is 0.323. The van der Waals surface area contributed by atoms with Gasteiger partial charge < -0.3 is 14.5 Å². The van der Waals surface area contributed by atoms with Crippen LogP contribution < -0.4 is 4.90 Å². The summed E-state index contributed by atoms with van der Waals surface area (Å²) in [5.41, 5.74) is 0.542. The highest BCUT2D eigenvalue weighted by atomic mass is 35.5. The first kappa shape index (κ1) is 28.1. The molecule has 3 aromatic carbocycles. The second kappa shape index (κ2) is 11.9. The highest BCUT2D eigenvalue weighted by Crippen LogP contribution is 2.37. The van der Waals surface area contributed by atoms with Gasteiger partial charge in [-0.1, -0.05) is 42.3 Å². The van der Waals surface area contributed by atoms with Gasteiger partial charge in [-0.25, -0.2) is 22.0 Å². The molecule has 2 unspecified atom stereocenters. The molecule has 0 radical (unpaired) electrons. The van der Waals surface area contributed by atoms with E-state index in [0.717, 1.165) is 23.9 Å². The van der Waals surface area contributed by atoms with Crippen LogP contribution in [0.5, 0.6) is 0 Å². The summed E-state index contributed by atoms with van der Waals surface area (Å²) in [4.78, 5) is 16.3. The number of carbonyl (C=O) groups excluding carboxylic acids is 1. The molecule has 1 aliphatic rings. The zero-order valence-corrected chi connectivity index (χ0v) is 22.8. The van der Waals surface area contributed by atoms with E-state index in [-0.39, 0.29) is 17.1 Å². The lowest BCUT2D eigenvalue weighted by Gasteiger charge is -2.36. The standard InChI is InChI=1S/C27H26Cl2F2N2O4S/c1-18(17-37-27(34)33-14-12-32(13-15-33)25-5-3-2-4-23(25)29)26(22-16-20(30)8-11-24(22)31)38(35,36)21-9-6-19(28)7-10-21/h2-11,16,18,26H,12-15,17H2,1H3. The monoisotopic (exact) mass is 582 g/mol. The van der Waals surface area contributed by atoms with Crippen molar-refractivity contribution in [3.05, 3.63) is 94.0 Å². The highest BCUT2D eigenvalue weighted by molar-refractivity contribution is 7.91. The van der Waals surface area contributed by atoms with Crippen molar-refractivity contribution in [3.8, 4) is 0 Å². The second-order valence-corrected chi connectivity index (χ2v) is 12.0. The molecule has 0 bridgehead atoms. The summed E-state index contributed by atoms with van der Waals surface area (Å²) in [5, 5.41) is -0.562. The molecule has 202 valence electrons. The molecule has 1 fully saturated rings. The third kappa shape index (κ3) is 6.22. The van der Waals surface area contributed by atoms with Crippen molar-refractivity contribution in [2.45, 2.75) is 17.1 Å². The molecule has 3 aromatic rings. The Labute approximate surface area is 230 Å². The largest absolute Gasteiger partial charge is 0.449 e. The molecule has 0 spiro atoms. The fourth-order valence-corrected chi connectivity index (χ4v) is 6.90. The van der Waals surface area contributed by atoms with Crippen LogP contribution in [0, 0.1) is 17.6 Å². The van der Waals surface area contributed by atoms with Gasteiger partial charge in [0.15, 0.2) is 9.84 Å². The highest BCUT2D eigenvalue weighted by Gasteiger charge is 2.37. The van der Waals surface area contributed by atoms with Crippen LogP contribution >= 0.6 is 23.2 Å². The van der Waals surface area contributed by atoms with Gasteiger partial charge in [-0.3, -0.25) is 0 Å². The van der Waals surface area contributed by atoms with Crippen LogP contribution in [0.4, 0.5) is 19.3 Å². The number of halogens is 4. The Hall–Kier alpha value is -2.88. The van der Waals surface area contributed by atoms with E-state index in [9.17, 15) is 22.0 Å². The number of carbonyl (C=O) groups is 1. The smallest absolute Gasteiger partial charge is 0.409 e. The molecule has 11 heteroatoms. The predicted molar refractivity (Wildman–Crippen MR) is 143 cm³/mol. The average Bonchev–Trinajstić information content (AvgIpc) is 2.90. The summed E-state index contributed by atoms with van der Waals surface area (Å²) in [7, 11) is -4.21. The van der Waals surface area contributed by atoms with Gasteiger partial charge in [0.2, 0.25) is 0 Å².